The van der Waals surface area contributed by atoms with Gasteiger partial charge in [-0.05, 0) is 74.1 Å². The zero-order valence-electron chi connectivity index (χ0n) is 18.9. The minimum absolute atomic E-state index is 0.0433. The molecule has 1 aromatic heterocycles. The smallest absolute Gasteiger partial charge is 0.234 e. The minimum Gasteiger partial charge on any atom is -0.497 e. The largest absolute Gasteiger partial charge is 0.497 e. The van der Waals surface area contributed by atoms with Crippen LogP contribution in [0, 0.1) is 20.8 Å². The van der Waals surface area contributed by atoms with E-state index in [2.05, 4.69) is 34.6 Å². The van der Waals surface area contributed by atoms with Crippen molar-refractivity contribution in [1.29, 1.82) is 0 Å². The quantitative estimate of drug-likeness (QED) is 0.492. The van der Waals surface area contributed by atoms with E-state index < -0.39 is 0 Å². The normalized spacial score (nSPS) is 10.9. The standard InChI is InChI=1S/C24H30N4O2S/c1-16-9-10-17(2)21(13-16)25-23(29)15-31-24-27-26-22(28(24)4)8-6-7-19-11-12-20(30-5)14-18(19)3/h9-14H,6-8,15H2,1-5H3,(H,25,29). The fourth-order valence-electron chi connectivity index (χ4n) is 3.39. The molecule has 0 aliphatic carbocycles. The van der Waals surface area contributed by atoms with Gasteiger partial charge in [0.05, 0.1) is 12.9 Å². The topological polar surface area (TPSA) is 69.0 Å². The number of amides is 1. The molecule has 0 atom stereocenters. The van der Waals surface area contributed by atoms with Crippen molar-refractivity contribution in [3.8, 4) is 5.75 Å². The Morgan fingerprint density at radius 2 is 1.87 bits per heavy atom. The number of hydrogen-bond donors (Lipinski definition) is 1. The second-order valence-electron chi connectivity index (χ2n) is 7.76. The third kappa shape index (κ3) is 6.10. The Hall–Kier alpha value is -2.80. The number of benzene rings is 2. The Morgan fingerprint density at radius 1 is 1.06 bits per heavy atom. The molecule has 1 heterocycles. The second kappa shape index (κ2) is 10.5. The van der Waals surface area contributed by atoms with Crippen molar-refractivity contribution in [3.05, 3.63) is 64.5 Å². The summed E-state index contributed by atoms with van der Waals surface area (Å²) in [5.74, 6) is 2.07. The van der Waals surface area contributed by atoms with Crippen molar-refractivity contribution in [2.45, 2.75) is 45.2 Å². The Balaban J connectivity index is 1.50. The van der Waals surface area contributed by atoms with E-state index in [9.17, 15) is 4.79 Å². The van der Waals surface area contributed by atoms with Crippen LogP contribution in [0.1, 0.15) is 34.5 Å². The molecule has 0 saturated heterocycles. The Kier molecular flexibility index (Phi) is 7.74. The third-order valence-electron chi connectivity index (χ3n) is 5.32. The van der Waals surface area contributed by atoms with E-state index in [0.29, 0.717) is 5.75 Å². The van der Waals surface area contributed by atoms with Crippen molar-refractivity contribution in [1.82, 2.24) is 14.8 Å². The number of aryl methyl sites for hydroxylation is 5. The van der Waals surface area contributed by atoms with Crippen LogP contribution in [0.25, 0.3) is 0 Å². The van der Waals surface area contributed by atoms with E-state index in [4.69, 9.17) is 4.74 Å². The molecule has 1 amide bonds. The summed E-state index contributed by atoms with van der Waals surface area (Å²) in [6, 6.07) is 12.2. The number of anilines is 1. The van der Waals surface area contributed by atoms with E-state index in [-0.39, 0.29) is 5.91 Å². The molecule has 0 saturated carbocycles. The lowest BCUT2D eigenvalue weighted by Gasteiger charge is -2.09. The highest BCUT2D eigenvalue weighted by atomic mass is 32.2. The van der Waals surface area contributed by atoms with Gasteiger partial charge in [-0.25, -0.2) is 0 Å². The van der Waals surface area contributed by atoms with Gasteiger partial charge in [0.15, 0.2) is 5.16 Å². The number of nitrogens with one attached hydrogen (secondary N) is 1. The lowest BCUT2D eigenvalue weighted by molar-refractivity contribution is -0.113. The summed E-state index contributed by atoms with van der Waals surface area (Å²) in [5.41, 5.74) is 5.59. The summed E-state index contributed by atoms with van der Waals surface area (Å²) in [6.45, 7) is 6.11. The zero-order chi connectivity index (χ0) is 22.4. The van der Waals surface area contributed by atoms with Crippen molar-refractivity contribution in [2.75, 3.05) is 18.2 Å². The molecule has 31 heavy (non-hydrogen) atoms. The van der Waals surface area contributed by atoms with Gasteiger partial charge in [0.25, 0.3) is 0 Å². The van der Waals surface area contributed by atoms with Crippen molar-refractivity contribution >= 4 is 23.4 Å². The number of nitrogens with zero attached hydrogens (tertiary/aromatic N) is 3. The first kappa shape index (κ1) is 22.9. The van der Waals surface area contributed by atoms with Crippen LogP contribution in [-0.2, 0) is 24.7 Å². The van der Waals surface area contributed by atoms with Crippen LogP contribution >= 0.6 is 11.8 Å². The summed E-state index contributed by atoms with van der Waals surface area (Å²) in [4.78, 5) is 12.4. The maximum absolute atomic E-state index is 12.4. The van der Waals surface area contributed by atoms with Gasteiger partial charge in [-0.3, -0.25) is 4.79 Å². The van der Waals surface area contributed by atoms with Crippen LogP contribution in [0.2, 0.25) is 0 Å². The van der Waals surface area contributed by atoms with E-state index in [0.717, 1.165) is 52.8 Å². The van der Waals surface area contributed by atoms with Crippen LogP contribution < -0.4 is 10.1 Å². The summed E-state index contributed by atoms with van der Waals surface area (Å²) < 4.78 is 7.26. The third-order valence-corrected chi connectivity index (χ3v) is 6.34. The van der Waals surface area contributed by atoms with E-state index in [1.807, 2.05) is 49.7 Å². The van der Waals surface area contributed by atoms with Crippen molar-refractivity contribution in [3.63, 3.8) is 0 Å². The number of aromatic nitrogens is 3. The van der Waals surface area contributed by atoms with E-state index >= 15 is 0 Å². The average molecular weight is 439 g/mol. The number of carbonyl (C=O) groups is 1. The predicted molar refractivity (Wildman–Crippen MR) is 126 cm³/mol. The highest BCUT2D eigenvalue weighted by Gasteiger charge is 2.12. The molecule has 0 fully saturated rings. The highest BCUT2D eigenvalue weighted by molar-refractivity contribution is 7.99. The van der Waals surface area contributed by atoms with Gasteiger partial charge in [0.2, 0.25) is 5.91 Å². The molecule has 0 aliphatic heterocycles. The number of thioether (sulfide) groups is 1. The van der Waals surface area contributed by atoms with Gasteiger partial charge >= 0.3 is 0 Å². The highest BCUT2D eigenvalue weighted by Crippen LogP contribution is 2.21. The number of methoxy groups -OCH3 is 1. The Bertz CT molecular complexity index is 1060. The van der Waals surface area contributed by atoms with Gasteiger partial charge in [-0.1, -0.05) is 30.0 Å². The molecular weight excluding hydrogens is 408 g/mol. The molecule has 1 N–H and O–H groups in total. The fourth-order valence-corrected chi connectivity index (χ4v) is 4.12. The van der Waals surface area contributed by atoms with E-state index in [1.54, 1.807) is 7.11 Å². The molecule has 0 aliphatic rings. The van der Waals surface area contributed by atoms with Crippen molar-refractivity contribution < 1.29 is 9.53 Å². The number of hydrogen-bond acceptors (Lipinski definition) is 5. The first-order valence-electron chi connectivity index (χ1n) is 10.4. The Labute approximate surface area is 188 Å². The molecule has 164 valence electrons. The molecule has 7 heteroatoms. The monoisotopic (exact) mass is 438 g/mol. The van der Waals surface area contributed by atoms with Gasteiger partial charge in [-0.2, -0.15) is 0 Å². The molecule has 2 aromatic carbocycles. The SMILES string of the molecule is COc1ccc(CCCc2nnc(SCC(=O)Nc3cc(C)ccc3C)n2C)c(C)c1. The first-order chi connectivity index (χ1) is 14.9. The van der Waals surface area contributed by atoms with Crippen LogP contribution in [0.15, 0.2) is 41.6 Å². The lowest BCUT2D eigenvalue weighted by atomic mass is 10.0. The predicted octanol–water partition coefficient (Wildman–Crippen LogP) is 4.66. The van der Waals surface area contributed by atoms with Gasteiger partial charge in [0.1, 0.15) is 11.6 Å². The van der Waals surface area contributed by atoms with Gasteiger partial charge in [-0.15, -0.1) is 10.2 Å². The molecular formula is C24H30N4O2S. The summed E-state index contributed by atoms with van der Waals surface area (Å²) in [6.07, 6.45) is 2.80. The molecule has 0 bridgehead atoms. The van der Waals surface area contributed by atoms with Crippen molar-refractivity contribution in [2.24, 2.45) is 7.05 Å². The zero-order valence-corrected chi connectivity index (χ0v) is 19.7. The molecule has 3 rings (SSSR count). The lowest BCUT2D eigenvalue weighted by Crippen LogP contribution is -2.15. The maximum atomic E-state index is 12.4. The molecule has 0 radical (unpaired) electrons. The van der Waals surface area contributed by atoms with Crippen LogP contribution in [0.4, 0.5) is 5.69 Å². The first-order valence-corrected chi connectivity index (χ1v) is 11.4. The number of ether oxygens (including phenoxy) is 1. The minimum atomic E-state index is -0.0433. The van der Waals surface area contributed by atoms with Crippen LogP contribution in [0.5, 0.6) is 5.75 Å². The molecule has 3 aromatic rings. The van der Waals surface area contributed by atoms with Gasteiger partial charge in [0, 0.05) is 19.2 Å². The summed E-state index contributed by atoms with van der Waals surface area (Å²) >= 11 is 1.41. The molecule has 0 spiro atoms. The second-order valence-corrected chi connectivity index (χ2v) is 8.70. The average Bonchev–Trinajstić information content (AvgIpc) is 3.10. The van der Waals surface area contributed by atoms with Crippen LogP contribution in [-0.4, -0.2) is 33.5 Å². The summed E-state index contributed by atoms with van der Waals surface area (Å²) in [7, 11) is 3.64. The van der Waals surface area contributed by atoms with Crippen LogP contribution in [0.3, 0.4) is 0 Å². The van der Waals surface area contributed by atoms with E-state index in [1.165, 1.54) is 22.9 Å². The fraction of sp³-hybridized carbons (Fsp3) is 0.375. The number of rotatable bonds is 9. The molecule has 6 nitrogen and oxygen atoms in total. The summed E-state index contributed by atoms with van der Waals surface area (Å²) in [5, 5.41) is 12.3. The maximum Gasteiger partial charge on any atom is 0.234 e. The molecule has 0 unspecified atom stereocenters. The Morgan fingerprint density at radius 3 is 2.61 bits per heavy atom. The van der Waals surface area contributed by atoms with Gasteiger partial charge < -0.3 is 14.6 Å². The number of carbonyl (C=O) groups excluding carboxylic acids is 1.